The highest BCUT2D eigenvalue weighted by Gasteiger charge is 2.42. The number of rotatable bonds is 6. The van der Waals surface area contributed by atoms with E-state index in [-0.39, 0.29) is 24.2 Å². The van der Waals surface area contributed by atoms with Crippen LogP contribution in [0, 0.1) is 11.8 Å². The Balaban J connectivity index is 2.84. The number of carbonyl (C=O) groups is 1. The molecule has 1 amide bonds. The monoisotopic (exact) mass is 269 g/mol. The number of likely N-dealkylation sites (N-methyl/N-ethyl adjacent to an activating group) is 1. The molecule has 0 saturated carbocycles. The molecule has 1 aliphatic rings. The van der Waals surface area contributed by atoms with Crippen LogP contribution in [-0.4, -0.2) is 54.6 Å². The van der Waals surface area contributed by atoms with E-state index in [0.29, 0.717) is 11.8 Å². The first-order valence-corrected chi connectivity index (χ1v) is 7.47. The maximum atomic E-state index is 12.6. The third-order valence-corrected chi connectivity index (χ3v) is 3.69. The Bertz CT molecular complexity index is 302. The molecule has 19 heavy (non-hydrogen) atoms. The first-order valence-electron chi connectivity index (χ1n) is 7.47. The topological polar surface area (TPSA) is 35.6 Å². The minimum absolute atomic E-state index is 0.0200. The highest BCUT2D eigenvalue weighted by atomic mass is 16.2. The molecule has 1 aliphatic heterocycles. The van der Waals surface area contributed by atoms with E-state index in [0.717, 1.165) is 13.0 Å². The molecule has 3 unspecified atom stereocenters. The molecule has 112 valence electrons. The van der Waals surface area contributed by atoms with Crippen LogP contribution in [0.5, 0.6) is 0 Å². The van der Waals surface area contributed by atoms with E-state index < -0.39 is 0 Å². The second-order valence-corrected chi connectivity index (χ2v) is 6.89. The van der Waals surface area contributed by atoms with Crippen molar-refractivity contribution >= 4 is 5.91 Å². The number of nitrogens with one attached hydrogen (secondary N) is 1. The van der Waals surface area contributed by atoms with Crippen LogP contribution in [0.15, 0.2) is 0 Å². The van der Waals surface area contributed by atoms with Crippen molar-refractivity contribution in [1.29, 1.82) is 0 Å². The Morgan fingerprint density at radius 3 is 2.21 bits per heavy atom. The van der Waals surface area contributed by atoms with Gasteiger partial charge in [0.25, 0.3) is 0 Å². The molecule has 0 bridgehead atoms. The lowest BCUT2D eigenvalue weighted by atomic mass is 10.0. The van der Waals surface area contributed by atoms with Gasteiger partial charge in [-0.25, -0.2) is 0 Å². The van der Waals surface area contributed by atoms with Crippen molar-refractivity contribution in [2.45, 2.75) is 59.3 Å². The quantitative estimate of drug-likeness (QED) is 0.798. The molecule has 1 saturated heterocycles. The van der Waals surface area contributed by atoms with Gasteiger partial charge in [-0.15, -0.1) is 0 Å². The van der Waals surface area contributed by atoms with E-state index >= 15 is 0 Å². The summed E-state index contributed by atoms with van der Waals surface area (Å²) < 4.78 is 0. The molecule has 3 atom stereocenters. The number of hydrogen-bond acceptors (Lipinski definition) is 3. The summed E-state index contributed by atoms with van der Waals surface area (Å²) in [5.41, 5.74) is 0. The normalized spacial score (nSPS) is 26.0. The summed E-state index contributed by atoms with van der Waals surface area (Å²) in [5.74, 6) is 1.21. The average Bonchev–Trinajstić information content (AvgIpc) is 2.53. The molecule has 4 nitrogen and oxygen atoms in total. The summed E-state index contributed by atoms with van der Waals surface area (Å²) in [6.07, 6.45) is 1.21. The number of nitrogens with zero attached hydrogens (tertiary/aromatic N) is 2. The molecule has 4 heteroatoms. The van der Waals surface area contributed by atoms with Crippen LogP contribution in [-0.2, 0) is 4.79 Å². The highest BCUT2D eigenvalue weighted by Crippen LogP contribution is 2.23. The van der Waals surface area contributed by atoms with Crippen molar-refractivity contribution in [3.05, 3.63) is 0 Å². The minimum Gasteiger partial charge on any atom is -0.322 e. The van der Waals surface area contributed by atoms with Crippen molar-refractivity contribution < 1.29 is 4.79 Å². The van der Waals surface area contributed by atoms with Crippen LogP contribution >= 0.6 is 0 Å². The lowest BCUT2D eigenvalue weighted by Crippen LogP contribution is -2.47. The zero-order valence-corrected chi connectivity index (χ0v) is 13.6. The second kappa shape index (κ2) is 6.71. The van der Waals surface area contributed by atoms with Crippen molar-refractivity contribution in [2.75, 3.05) is 20.6 Å². The van der Waals surface area contributed by atoms with E-state index in [9.17, 15) is 4.79 Å². The number of amides is 1. The minimum atomic E-state index is -0.0200. The van der Waals surface area contributed by atoms with Crippen molar-refractivity contribution in [1.82, 2.24) is 15.1 Å². The fourth-order valence-corrected chi connectivity index (χ4v) is 2.92. The molecule has 0 aromatic rings. The van der Waals surface area contributed by atoms with Crippen LogP contribution in [0.2, 0.25) is 0 Å². The Hall–Kier alpha value is -0.610. The summed E-state index contributed by atoms with van der Waals surface area (Å²) in [4.78, 5) is 16.8. The zero-order valence-electron chi connectivity index (χ0n) is 13.6. The number of carbonyl (C=O) groups excluding carboxylic acids is 1. The van der Waals surface area contributed by atoms with Gasteiger partial charge in [0.05, 0.1) is 12.2 Å². The lowest BCUT2D eigenvalue weighted by molar-refractivity contribution is -0.133. The van der Waals surface area contributed by atoms with E-state index in [4.69, 9.17) is 0 Å². The molecule has 0 aliphatic carbocycles. The summed E-state index contributed by atoms with van der Waals surface area (Å²) >= 11 is 0. The van der Waals surface area contributed by atoms with Crippen LogP contribution in [0.25, 0.3) is 0 Å². The first-order chi connectivity index (χ1) is 8.73. The molecular formula is C15H31N3O. The predicted octanol–water partition coefficient (Wildman–Crippen LogP) is 1.77. The molecule has 0 aromatic carbocycles. The third kappa shape index (κ3) is 4.18. The summed E-state index contributed by atoms with van der Waals surface area (Å²) in [5, 5.41) is 3.53. The van der Waals surface area contributed by atoms with Gasteiger partial charge in [0.15, 0.2) is 0 Å². The molecule has 1 heterocycles. The average molecular weight is 269 g/mol. The largest absolute Gasteiger partial charge is 0.322 e. The van der Waals surface area contributed by atoms with E-state index in [1.807, 2.05) is 0 Å². The Kier molecular flexibility index (Phi) is 5.81. The SMILES string of the molecule is CC(C)CC1NC(C(C)C)C(=O)N1C(C)CN(C)C. The highest BCUT2D eigenvalue weighted by molar-refractivity contribution is 5.84. The van der Waals surface area contributed by atoms with Gasteiger partial charge in [0.2, 0.25) is 5.91 Å². The van der Waals surface area contributed by atoms with Crippen LogP contribution < -0.4 is 5.32 Å². The molecule has 1 N–H and O–H groups in total. The smallest absolute Gasteiger partial charge is 0.241 e. The van der Waals surface area contributed by atoms with Gasteiger partial charge in [-0.3, -0.25) is 10.1 Å². The molecule has 0 spiro atoms. The molecule has 1 rings (SSSR count). The fraction of sp³-hybridized carbons (Fsp3) is 0.933. The van der Waals surface area contributed by atoms with Crippen LogP contribution in [0.1, 0.15) is 41.0 Å². The van der Waals surface area contributed by atoms with E-state index in [2.05, 4.69) is 63.8 Å². The Morgan fingerprint density at radius 1 is 1.21 bits per heavy atom. The first kappa shape index (κ1) is 16.4. The van der Waals surface area contributed by atoms with E-state index in [1.54, 1.807) is 0 Å². The molecule has 0 aromatic heterocycles. The molecule has 0 radical (unpaired) electrons. The standard InChI is InChI=1S/C15H31N3O/c1-10(2)8-13-16-14(11(3)4)15(19)18(13)12(5)9-17(6)7/h10-14,16H,8-9H2,1-7H3. The fourth-order valence-electron chi connectivity index (χ4n) is 2.92. The maximum absolute atomic E-state index is 12.6. The van der Waals surface area contributed by atoms with Crippen molar-refractivity contribution in [2.24, 2.45) is 11.8 Å². The third-order valence-electron chi connectivity index (χ3n) is 3.69. The summed E-state index contributed by atoms with van der Waals surface area (Å²) in [6.45, 7) is 11.7. The Morgan fingerprint density at radius 2 is 1.79 bits per heavy atom. The van der Waals surface area contributed by atoms with Gasteiger partial charge >= 0.3 is 0 Å². The van der Waals surface area contributed by atoms with Gasteiger partial charge < -0.3 is 9.80 Å². The number of hydrogen-bond donors (Lipinski definition) is 1. The lowest BCUT2D eigenvalue weighted by Gasteiger charge is -2.33. The van der Waals surface area contributed by atoms with Crippen LogP contribution in [0.4, 0.5) is 0 Å². The molecule has 1 fully saturated rings. The summed E-state index contributed by atoms with van der Waals surface area (Å²) in [7, 11) is 4.11. The van der Waals surface area contributed by atoms with Gasteiger partial charge in [0, 0.05) is 12.6 Å². The predicted molar refractivity (Wildman–Crippen MR) is 79.9 cm³/mol. The van der Waals surface area contributed by atoms with Crippen LogP contribution in [0.3, 0.4) is 0 Å². The molecular weight excluding hydrogens is 238 g/mol. The van der Waals surface area contributed by atoms with Crippen molar-refractivity contribution in [3.63, 3.8) is 0 Å². The van der Waals surface area contributed by atoms with Crippen molar-refractivity contribution in [3.8, 4) is 0 Å². The second-order valence-electron chi connectivity index (χ2n) is 6.89. The zero-order chi connectivity index (χ0) is 14.7. The van der Waals surface area contributed by atoms with E-state index in [1.165, 1.54) is 0 Å². The van der Waals surface area contributed by atoms with Gasteiger partial charge in [-0.05, 0) is 39.3 Å². The Labute approximate surface area is 118 Å². The summed E-state index contributed by atoms with van der Waals surface area (Å²) in [6, 6.07) is 0.232. The van der Waals surface area contributed by atoms with Gasteiger partial charge in [-0.2, -0.15) is 0 Å². The van der Waals surface area contributed by atoms with Gasteiger partial charge in [-0.1, -0.05) is 27.7 Å². The van der Waals surface area contributed by atoms with Gasteiger partial charge in [0.1, 0.15) is 0 Å². The maximum Gasteiger partial charge on any atom is 0.241 e.